The molecule has 1 aromatic carbocycles. The summed E-state index contributed by atoms with van der Waals surface area (Å²) in [5.41, 5.74) is 0.305. The monoisotopic (exact) mass is 448 g/mol. The lowest BCUT2D eigenvalue weighted by molar-refractivity contribution is -0.577. The van der Waals surface area contributed by atoms with Crippen LogP contribution in [0.15, 0.2) is 24.3 Å². The van der Waals surface area contributed by atoms with Crippen molar-refractivity contribution in [2.75, 3.05) is 13.2 Å². The first-order valence-corrected chi connectivity index (χ1v) is 12.0. The molecule has 5 fully saturated rings. The second-order valence-electron chi connectivity index (χ2n) is 10.2. The smallest absolute Gasteiger partial charge is 0.201 e. The summed E-state index contributed by atoms with van der Waals surface area (Å²) >= 11 is 0. The molecule has 32 heavy (non-hydrogen) atoms. The molecule has 5 aliphatic rings. The number of hydrogen-bond acceptors (Lipinski definition) is 7. The summed E-state index contributed by atoms with van der Waals surface area (Å²) in [6.45, 7) is 9.01. The van der Waals surface area contributed by atoms with Gasteiger partial charge < -0.3 is 24.1 Å². The van der Waals surface area contributed by atoms with Crippen molar-refractivity contribution in [1.82, 2.24) is 0 Å². The van der Waals surface area contributed by atoms with Gasteiger partial charge in [0.15, 0.2) is 18.2 Å². The second-order valence-corrected chi connectivity index (χ2v) is 10.2. The average Bonchev–Trinajstić information content (AvgIpc) is 3.00. The maximum Gasteiger partial charge on any atom is 0.201 e. The van der Waals surface area contributed by atoms with Crippen molar-refractivity contribution in [2.24, 2.45) is 23.7 Å². The second kappa shape index (κ2) is 8.53. The van der Waals surface area contributed by atoms with E-state index < -0.39 is 23.8 Å². The zero-order valence-electron chi connectivity index (χ0n) is 19.5. The Morgan fingerprint density at radius 3 is 2.59 bits per heavy atom. The first-order chi connectivity index (χ1) is 15.3. The number of aliphatic hydroxyl groups excluding tert-OH is 1. The van der Waals surface area contributed by atoms with Crippen LogP contribution in [-0.2, 0) is 24.0 Å². The summed E-state index contributed by atoms with van der Waals surface area (Å²) < 4.78 is 24.8. The molecule has 2 bridgehead atoms. The largest absolute Gasteiger partial charge is 0.491 e. The molecule has 1 aromatic rings. The number of hydrogen-bond donors (Lipinski definition) is 1. The van der Waals surface area contributed by atoms with E-state index in [0.29, 0.717) is 25.0 Å². The van der Waals surface area contributed by atoms with E-state index in [-0.39, 0.29) is 18.1 Å². The van der Waals surface area contributed by atoms with Gasteiger partial charge in [-0.2, -0.15) is 0 Å². The number of fused-ring (bicyclic) bond motifs is 2. The molecule has 4 aliphatic heterocycles. The molecule has 1 saturated carbocycles. The lowest BCUT2D eigenvalue weighted by Gasteiger charge is -2.60. The van der Waals surface area contributed by atoms with Gasteiger partial charge in [0.2, 0.25) is 5.79 Å². The Kier molecular flexibility index (Phi) is 6.01. The van der Waals surface area contributed by atoms with E-state index in [0.717, 1.165) is 30.6 Å². The summed E-state index contributed by atoms with van der Waals surface area (Å²) in [6.07, 6.45) is 2.70. The van der Waals surface area contributed by atoms with Crippen molar-refractivity contribution in [2.45, 2.75) is 83.5 Å². The van der Waals surface area contributed by atoms with E-state index >= 15 is 0 Å². The zero-order chi connectivity index (χ0) is 22.5. The summed E-state index contributed by atoms with van der Waals surface area (Å²) in [5.74, 6) is 1.28. The third-order valence-electron chi connectivity index (χ3n) is 8.09. The van der Waals surface area contributed by atoms with Crippen molar-refractivity contribution < 1.29 is 33.8 Å². The molecular weight excluding hydrogens is 412 g/mol. The molecule has 7 nitrogen and oxygen atoms in total. The Balaban J connectivity index is 1.23. The first-order valence-electron chi connectivity index (χ1n) is 12.0. The number of benzene rings is 1. The summed E-state index contributed by atoms with van der Waals surface area (Å²) in [4.78, 5) is 12.0. The Labute approximate surface area is 190 Å². The van der Waals surface area contributed by atoms with Crippen molar-refractivity contribution in [3.8, 4) is 5.75 Å². The average molecular weight is 449 g/mol. The molecule has 6 rings (SSSR count). The molecule has 0 radical (unpaired) electrons. The lowest BCUT2D eigenvalue weighted by atomic mass is 9.58. The highest BCUT2D eigenvalue weighted by atomic mass is 17.3. The quantitative estimate of drug-likeness (QED) is 0.512. The molecular formula is C25H36O7. The fourth-order valence-corrected chi connectivity index (χ4v) is 6.23. The Morgan fingerprint density at radius 2 is 1.84 bits per heavy atom. The van der Waals surface area contributed by atoms with Gasteiger partial charge >= 0.3 is 0 Å². The minimum absolute atomic E-state index is 0.154. The van der Waals surface area contributed by atoms with Crippen LogP contribution in [0.3, 0.4) is 0 Å². The molecule has 4 heterocycles. The van der Waals surface area contributed by atoms with Crippen LogP contribution in [0.4, 0.5) is 0 Å². The Hall–Kier alpha value is -1.22. The van der Waals surface area contributed by atoms with Crippen LogP contribution in [0.5, 0.6) is 5.75 Å². The van der Waals surface area contributed by atoms with Gasteiger partial charge in [0, 0.05) is 18.3 Å². The Bertz CT molecular complexity index is 798. The number of aliphatic hydroxyl groups is 1. The lowest BCUT2D eigenvalue weighted by Crippen LogP contribution is -2.70. The van der Waals surface area contributed by atoms with E-state index in [4.69, 9.17) is 28.7 Å². The molecule has 1 spiro atoms. The van der Waals surface area contributed by atoms with Crippen LogP contribution in [0.25, 0.3) is 0 Å². The van der Waals surface area contributed by atoms with Gasteiger partial charge in [0.05, 0.1) is 12.7 Å². The van der Waals surface area contributed by atoms with Crippen molar-refractivity contribution in [3.63, 3.8) is 0 Å². The van der Waals surface area contributed by atoms with E-state index in [1.54, 1.807) is 6.92 Å². The standard InChI is InChI=1S/C25H36O7/c1-15-5-10-21-16(2)22(28-14-13-27-19-8-6-18(7-9-19)17(3)26)29-23-25(21)20(15)11-12-24(4,30-23)31-32-25/h6-9,15-17,20-23,26H,5,10-14H2,1-4H3/t15-,16-,17?,20?,21+,22+,23-,24-,25-/m1/s1. The fourth-order valence-electron chi connectivity index (χ4n) is 6.23. The highest BCUT2D eigenvalue weighted by molar-refractivity contribution is 5.28. The minimum atomic E-state index is -0.774. The molecule has 9 atom stereocenters. The predicted octanol–water partition coefficient (Wildman–Crippen LogP) is 4.34. The van der Waals surface area contributed by atoms with Gasteiger partial charge in [0.25, 0.3) is 0 Å². The van der Waals surface area contributed by atoms with Gasteiger partial charge in [-0.25, -0.2) is 9.78 Å². The minimum Gasteiger partial charge on any atom is -0.491 e. The van der Waals surface area contributed by atoms with Gasteiger partial charge in [0.1, 0.15) is 12.4 Å². The highest BCUT2D eigenvalue weighted by Crippen LogP contribution is 2.60. The Morgan fingerprint density at radius 1 is 1.06 bits per heavy atom. The van der Waals surface area contributed by atoms with Gasteiger partial charge in [-0.3, -0.25) is 0 Å². The van der Waals surface area contributed by atoms with E-state index in [1.165, 1.54) is 6.42 Å². The molecule has 0 aromatic heterocycles. The number of rotatable bonds is 6. The first kappa shape index (κ1) is 22.6. The van der Waals surface area contributed by atoms with E-state index in [9.17, 15) is 5.11 Å². The molecule has 1 N–H and O–H groups in total. The summed E-state index contributed by atoms with van der Waals surface area (Å²) in [7, 11) is 0. The molecule has 4 saturated heterocycles. The topological polar surface area (TPSA) is 75.6 Å². The third kappa shape index (κ3) is 3.77. The third-order valence-corrected chi connectivity index (χ3v) is 8.09. The number of ether oxygens (including phenoxy) is 4. The maximum atomic E-state index is 9.63. The molecule has 178 valence electrons. The zero-order valence-corrected chi connectivity index (χ0v) is 19.5. The van der Waals surface area contributed by atoms with Crippen LogP contribution < -0.4 is 4.74 Å². The van der Waals surface area contributed by atoms with Crippen molar-refractivity contribution in [1.29, 1.82) is 0 Å². The maximum absolute atomic E-state index is 9.63. The van der Waals surface area contributed by atoms with E-state index in [1.807, 2.05) is 31.2 Å². The van der Waals surface area contributed by atoms with Crippen molar-refractivity contribution >= 4 is 0 Å². The fraction of sp³-hybridized carbons (Fsp3) is 0.760. The van der Waals surface area contributed by atoms with Crippen LogP contribution in [0, 0.1) is 23.7 Å². The molecule has 2 unspecified atom stereocenters. The van der Waals surface area contributed by atoms with Gasteiger partial charge in [-0.1, -0.05) is 26.0 Å². The predicted molar refractivity (Wildman–Crippen MR) is 115 cm³/mol. The summed E-state index contributed by atoms with van der Waals surface area (Å²) in [5, 5.41) is 9.63. The molecule has 1 aliphatic carbocycles. The SMILES string of the molecule is CC(O)c1ccc(OCCO[C@H]2O[C@@H]3O[C@@]4(C)CCC5[C@H](C)CC[C@@H]([C@H]2C)[C@]53OO4)cc1. The normalized spacial score (nSPS) is 43.9. The van der Waals surface area contributed by atoms with Crippen LogP contribution in [0.2, 0.25) is 0 Å². The van der Waals surface area contributed by atoms with Crippen molar-refractivity contribution in [3.05, 3.63) is 29.8 Å². The molecule has 7 heteroatoms. The van der Waals surface area contributed by atoms with Crippen LogP contribution in [0.1, 0.15) is 65.0 Å². The van der Waals surface area contributed by atoms with Gasteiger partial charge in [-0.05, 0) is 62.6 Å². The van der Waals surface area contributed by atoms with Crippen LogP contribution in [-0.4, -0.2) is 42.3 Å². The summed E-state index contributed by atoms with van der Waals surface area (Å²) in [6, 6.07) is 7.47. The van der Waals surface area contributed by atoms with Crippen LogP contribution >= 0.6 is 0 Å². The van der Waals surface area contributed by atoms with E-state index in [2.05, 4.69) is 13.8 Å². The molecule has 0 amide bonds. The highest BCUT2D eigenvalue weighted by Gasteiger charge is 2.69. The van der Waals surface area contributed by atoms with Gasteiger partial charge in [-0.15, -0.1) is 0 Å².